The molecule has 1 aromatic heterocycles. The number of benzene rings is 2. The van der Waals surface area contributed by atoms with Crippen LogP contribution in [-0.4, -0.2) is 22.9 Å². The molecule has 6 heteroatoms. The Hall–Kier alpha value is -3.15. The third kappa shape index (κ3) is 3.24. The van der Waals surface area contributed by atoms with Crippen molar-refractivity contribution < 1.29 is 13.9 Å². The molecule has 0 atom stereocenters. The highest BCUT2D eigenvalue weighted by Gasteiger charge is 2.18. The van der Waals surface area contributed by atoms with Crippen LogP contribution in [0.1, 0.15) is 27.0 Å². The lowest BCUT2D eigenvalue weighted by Crippen LogP contribution is -2.10. The van der Waals surface area contributed by atoms with E-state index in [9.17, 15) is 9.18 Å². The summed E-state index contributed by atoms with van der Waals surface area (Å²) in [6.07, 6.45) is 4.05. The van der Waals surface area contributed by atoms with Crippen molar-refractivity contribution in [2.24, 2.45) is 0 Å². The second kappa shape index (κ2) is 6.76. The van der Waals surface area contributed by atoms with E-state index >= 15 is 0 Å². The molecule has 1 heterocycles. The van der Waals surface area contributed by atoms with Gasteiger partial charge in [-0.1, -0.05) is 12.1 Å². The number of carbonyl (C=O) groups excluding carboxylic acids is 1. The zero-order chi connectivity index (χ0) is 18.0. The third-order valence-corrected chi connectivity index (χ3v) is 4.16. The first-order chi connectivity index (χ1) is 12.0. The number of hydrogen-bond acceptors (Lipinski definition) is 4. The van der Waals surface area contributed by atoms with Crippen molar-refractivity contribution in [1.29, 1.82) is 0 Å². The van der Waals surface area contributed by atoms with Crippen LogP contribution in [0.3, 0.4) is 0 Å². The van der Waals surface area contributed by atoms with Gasteiger partial charge in [-0.05, 0) is 54.3 Å². The van der Waals surface area contributed by atoms with Gasteiger partial charge in [0.25, 0.3) is 0 Å². The molecule has 2 aromatic carbocycles. The van der Waals surface area contributed by atoms with E-state index in [1.807, 2.05) is 36.5 Å². The smallest absolute Gasteiger partial charge is 0.340 e. The molecule has 0 saturated heterocycles. The van der Waals surface area contributed by atoms with Crippen molar-refractivity contribution in [2.45, 2.75) is 13.3 Å². The van der Waals surface area contributed by atoms with Crippen LogP contribution in [0.5, 0.6) is 0 Å². The first-order valence-electron chi connectivity index (χ1n) is 7.76. The van der Waals surface area contributed by atoms with Gasteiger partial charge in [0.05, 0.1) is 24.0 Å². The highest BCUT2D eigenvalue weighted by Crippen LogP contribution is 2.26. The summed E-state index contributed by atoms with van der Waals surface area (Å²) in [5.41, 5.74) is 8.63. The highest BCUT2D eigenvalue weighted by atomic mass is 19.1. The molecule has 25 heavy (non-hydrogen) atoms. The number of methoxy groups -OCH3 is 1. The molecular formula is C19H18FN3O2. The van der Waals surface area contributed by atoms with Gasteiger partial charge < -0.3 is 10.5 Å². The van der Waals surface area contributed by atoms with Crippen LogP contribution in [0.15, 0.2) is 48.8 Å². The minimum Gasteiger partial charge on any atom is -0.465 e. The first-order valence-corrected chi connectivity index (χ1v) is 7.76. The number of ether oxygens (including phenoxy) is 1. The van der Waals surface area contributed by atoms with Crippen molar-refractivity contribution in [3.8, 4) is 5.69 Å². The number of hydrogen-bond donors (Lipinski definition) is 1. The van der Waals surface area contributed by atoms with E-state index in [1.165, 1.54) is 7.11 Å². The maximum atomic E-state index is 14.4. The second-order valence-electron chi connectivity index (χ2n) is 5.72. The van der Waals surface area contributed by atoms with Crippen LogP contribution < -0.4 is 5.73 Å². The zero-order valence-electron chi connectivity index (χ0n) is 14.0. The number of nitrogens with two attached hydrogens (primary N) is 1. The maximum Gasteiger partial charge on any atom is 0.340 e. The minimum atomic E-state index is -0.647. The quantitative estimate of drug-likeness (QED) is 0.585. The van der Waals surface area contributed by atoms with Gasteiger partial charge in [-0.25, -0.2) is 13.9 Å². The Bertz CT molecular complexity index is 903. The van der Waals surface area contributed by atoms with E-state index in [1.54, 1.807) is 23.9 Å². The van der Waals surface area contributed by atoms with E-state index < -0.39 is 11.8 Å². The van der Waals surface area contributed by atoms with Crippen molar-refractivity contribution in [3.05, 3.63) is 76.9 Å². The summed E-state index contributed by atoms with van der Waals surface area (Å²) in [6, 6.07) is 11.2. The van der Waals surface area contributed by atoms with Crippen molar-refractivity contribution >= 4 is 11.7 Å². The van der Waals surface area contributed by atoms with Gasteiger partial charge in [-0.15, -0.1) is 0 Å². The topological polar surface area (TPSA) is 70.1 Å². The number of anilines is 1. The lowest BCUT2D eigenvalue weighted by molar-refractivity contribution is 0.0601. The average molecular weight is 339 g/mol. The van der Waals surface area contributed by atoms with Crippen molar-refractivity contribution in [1.82, 2.24) is 9.78 Å². The Balaban J connectivity index is 1.92. The van der Waals surface area contributed by atoms with Crippen LogP contribution in [-0.2, 0) is 11.2 Å². The molecule has 0 amide bonds. The molecule has 5 nitrogen and oxygen atoms in total. The number of carbonyl (C=O) groups is 1. The van der Waals surface area contributed by atoms with Gasteiger partial charge in [0.2, 0.25) is 0 Å². The molecule has 0 aliphatic carbocycles. The van der Waals surface area contributed by atoms with E-state index in [4.69, 9.17) is 5.73 Å². The molecule has 0 bridgehead atoms. The molecule has 3 rings (SSSR count). The SMILES string of the molecule is COC(=O)c1cc(Cc2ccc(-n3cccn3)cc2)c(C)c(F)c1N. The molecule has 0 fully saturated rings. The maximum absolute atomic E-state index is 14.4. The zero-order valence-corrected chi connectivity index (χ0v) is 14.0. The summed E-state index contributed by atoms with van der Waals surface area (Å²) in [7, 11) is 1.24. The largest absolute Gasteiger partial charge is 0.465 e. The van der Waals surface area contributed by atoms with Gasteiger partial charge in [0.1, 0.15) is 5.82 Å². The van der Waals surface area contributed by atoms with Gasteiger partial charge in [0, 0.05) is 12.4 Å². The molecule has 2 N–H and O–H groups in total. The molecule has 0 saturated carbocycles. The third-order valence-electron chi connectivity index (χ3n) is 4.16. The lowest BCUT2D eigenvalue weighted by Gasteiger charge is -2.13. The van der Waals surface area contributed by atoms with Crippen LogP contribution in [0.4, 0.5) is 10.1 Å². The Morgan fingerprint density at radius 1 is 1.32 bits per heavy atom. The average Bonchev–Trinajstić information content (AvgIpc) is 3.17. The summed E-state index contributed by atoms with van der Waals surface area (Å²) in [6.45, 7) is 1.65. The molecule has 0 aliphatic heterocycles. The van der Waals surface area contributed by atoms with Gasteiger partial charge >= 0.3 is 5.97 Å². The van der Waals surface area contributed by atoms with E-state index in [2.05, 4.69) is 9.84 Å². The number of halogens is 1. The predicted octanol–water partition coefficient (Wildman–Crippen LogP) is 3.28. The second-order valence-corrected chi connectivity index (χ2v) is 5.72. The standard InChI is InChI=1S/C19H18FN3O2/c1-12-14(11-16(19(24)25-2)18(21)17(12)20)10-13-4-6-15(7-5-13)23-9-3-8-22-23/h3-9,11H,10,21H2,1-2H3. The van der Waals surface area contributed by atoms with Crippen molar-refractivity contribution in [2.75, 3.05) is 12.8 Å². The van der Waals surface area contributed by atoms with Crippen LogP contribution in [0.25, 0.3) is 5.69 Å². The number of esters is 1. The van der Waals surface area contributed by atoms with Gasteiger partial charge in [-0.2, -0.15) is 5.10 Å². The fourth-order valence-corrected chi connectivity index (χ4v) is 2.69. The number of aromatic nitrogens is 2. The predicted molar refractivity (Wildman–Crippen MR) is 93.3 cm³/mol. The molecule has 0 aliphatic rings. The molecule has 0 radical (unpaired) electrons. The number of rotatable bonds is 4. The fraction of sp³-hybridized carbons (Fsp3) is 0.158. The summed E-state index contributed by atoms with van der Waals surface area (Å²) >= 11 is 0. The van der Waals surface area contributed by atoms with E-state index in [-0.39, 0.29) is 11.3 Å². The van der Waals surface area contributed by atoms with E-state index in [0.29, 0.717) is 17.5 Å². The Labute approximate surface area is 144 Å². The summed E-state index contributed by atoms with van der Waals surface area (Å²) in [4.78, 5) is 11.8. The van der Waals surface area contributed by atoms with Gasteiger partial charge in [-0.3, -0.25) is 0 Å². The lowest BCUT2D eigenvalue weighted by atomic mass is 9.96. The van der Waals surface area contributed by atoms with Gasteiger partial charge in [0.15, 0.2) is 0 Å². The molecule has 3 aromatic rings. The first kappa shape index (κ1) is 16.7. The molecule has 0 spiro atoms. The Morgan fingerprint density at radius 2 is 2.04 bits per heavy atom. The van der Waals surface area contributed by atoms with Crippen molar-refractivity contribution in [3.63, 3.8) is 0 Å². The molecule has 0 unspecified atom stereocenters. The molecule has 128 valence electrons. The van der Waals surface area contributed by atoms with Crippen LogP contribution in [0, 0.1) is 12.7 Å². The van der Waals surface area contributed by atoms with E-state index in [0.717, 1.165) is 11.3 Å². The van der Waals surface area contributed by atoms with Crippen LogP contribution in [0.2, 0.25) is 0 Å². The normalized spacial score (nSPS) is 10.7. The Morgan fingerprint density at radius 3 is 2.64 bits per heavy atom. The highest BCUT2D eigenvalue weighted by molar-refractivity contribution is 5.95. The summed E-state index contributed by atoms with van der Waals surface area (Å²) < 4.78 is 20.8. The fourth-order valence-electron chi connectivity index (χ4n) is 2.69. The summed E-state index contributed by atoms with van der Waals surface area (Å²) in [5.74, 6) is -1.22. The molecular weight excluding hydrogens is 321 g/mol. The summed E-state index contributed by atoms with van der Waals surface area (Å²) in [5, 5.41) is 4.18. The monoisotopic (exact) mass is 339 g/mol. The Kier molecular flexibility index (Phi) is 4.52. The minimum absolute atomic E-state index is 0.0498. The number of nitrogens with zero attached hydrogens (tertiary/aromatic N) is 2. The van der Waals surface area contributed by atoms with Crippen LogP contribution >= 0.6 is 0 Å². The number of nitrogen functional groups attached to an aromatic ring is 1.